The quantitative estimate of drug-likeness (QED) is 0.784. The highest BCUT2D eigenvalue weighted by Crippen LogP contribution is 2.19. The Morgan fingerprint density at radius 1 is 1.15 bits per heavy atom. The highest BCUT2D eigenvalue weighted by atomic mass is 16.4. The molecule has 1 N–H and O–H groups in total. The van der Waals surface area contributed by atoms with Crippen molar-refractivity contribution < 1.29 is 9.90 Å². The van der Waals surface area contributed by atoms with E-state index in [-0.39, 0.29) is 0 Å². The monoisotopic (exact) mass is 265 g/mol. The summed E-state index contributed by atoms with van der Waals surface area (Å²) in [5.41, 5.74) is 3.71. The number of aromatic carboxylic acids is 1. The molecule has 2 aromatic carbocycles. The summed E-state index contributed by atoms with van der Waals surface area (Å²) in [6.07, 6.45) is 2.04. The van der Waals surface area contributed by atoms with Gasteiger partial charge < -0.3 is 9.67 Å². The summed E-state index contributed by atoms with van der Waals surface area (Å²) in [6.45, 7) is 2.75. The predicted octanol–water partition coefficient (Wildman–Crippen LogP) is 3.70. The second-order valence-electron chi connectivity index (χ2n) is 5.01. The normalized spacial score (nSPS) is 10.8. The highest BCUT2D eigenvalue weighted by Gasteiger charge is 2.05. The maximum Gasteiger partial charge on any atom is 0.335 e. The van der Waals surface area contributed by atoms with E-state index < -0.39 is 5.97 Å². The average molecular weight is 265 g/mol. The molecule has 1 aromatic heterocycles. The zero-order valence-electron chi connectivity index (χ0n) is 11.2. The van der Waals surface area contributed by atoms with Crippen LogP contribution in [0.1, 0.15) is 21.5 Å². The second kappa shape index (κ2) is 4.85. The summed E-state index contributed by atoms with van der Waals surface area (Å²) >= 11 is 0. The van der Waals surface area contributed by atoms with Crippen molar-refractivity contribution in [2.75, 3.05) is 0 Å². The molecule has 0 amide bonds. The van der Waals surface area contributed by atoms with Crippen LogP contribution in [0.2, 0.25) is 0 Å². The standard InChI is InChI=1S/C17H15NO2/c1-12-5-6-14-7-8-18(16(14)9-12)11-13-3-2-4-15(10-13)17(19)20/h2-10H,11H2,1H3,(H,19,20). The van der Waals surface area contributed by atoms with Crippen molar-refractivity contribution in [1.29, 1.82) is 0 Å². The predicted molar refractivity (Wildman–Crippen MR) is 79.2 cm³/mol. The van der Waals surface area contributed by atoms with Crippen LogP contribution < -0.4 is 0 Å². The third-order valence-corrected chi connectivity index (χ3v) is 3.46. The molecule has 0 saturated carbocycles. The molecule has 0 aliphatic carbocycles. The summed E-state index contributed by atoms with van der Waals surface area (Å²) in [7, 11) is 0. The Morgan fingerprint density at radius 2 is 2.00 bits per heavy atom. The van der Waals surface area contributed by atoms with E-state index in [0.29, 0.717) is 12.1 Å². The van der Waals surface area contributed by atoms with Crippen molar-refractivity contribution in [3.63, 3.8) is 0 Å². The number of hydrogen-bond acceptors (Lipinski definition) is 1. The number of hydrogen-bond donors (Lipinski definition) is 1. The number of benzene rings is 2. The molecule has 0 spiro atoms. The minimum absolute atomic E-state index is 0.329. The Bertz CT molecular complexity index is 787. The van der Waals surface area contributed by atoms with Gasteiger partial charge in [-0.25, -0.2) is 4.79 Å². The number of aromatic nitrogens is 1. The lowest BCUT2D eigenvalue weighted by Crippen LogP contribution is -2.01. The smallest absolute Gasteiger partial charge is 0.335 e. The minimum atomic E-state index is -0.889. The van der Waals surface area contributed by atoms with E-state index in [1.165, 1.54) is 16.5 Å². The molecule has 3 heteroatoms. The lowest BCUT2D eigenvalue weighted by molar-refractivity contribution is 0.0696. The van der Waals surface area contributed by atoms with E-state index in [2.05, 4.69) is 35.8 Å². The lowest BCUT2D eigenvalue weighted by Gasteiger charge is -2.07. The average Bonchev–Trinajstić information content (AvgIpc) is 2.82. The van der Waals surface area contributed by atoms with Gasteiger partial charge in [-0.15, -0.1) is 0 Å². The fourth-order valence-corrected chi connectivity index (χ4v) is 2.43. The largest absolute Gasteiger partial charge is 0.478 e. The molecule has 0 bridgehead atoms. The minimum Gasteiger partial charge on any atom is -0.478 e. The van der Waals surface area contributed by atoms with Crippen LogP contribution in [0, 0.1) is 6.92 Å². The number of carbonyl (C=O) groups is 1. The van der Waals surface area contributed by atoms with Crippen molar-refractivity contribution in [3.05, 3.63) is 71.4 Å². The molecule has 0 saturated heterocycles. The fraction of sp³-hybridized carbons (Fsp3) is 0.118. The molecular formula is C17H15NO2. The SMILES string of the molecule is Cc1ccc2ccn(Cc3cccc(C(=O)O)c3)c2c1. The number of nitrogens with zero attached hydrogens (tertiary/aromatic N) is 1. The van der Waals surface area contributed by atoms with E-state index in [9.17, 15) is 4.79 Å². The number of aryl methyl sites for hydroxylation is 1. The van der Waals surface area contributed by atoms with Gasteiger partial charge in [0.25, 0.3) is 0 Å². The van der Waals surface area contributed by atoms with Crippen molar-refractivity contribution in [1.82, 2.24) is 4.57 Å². The van der Waals surface area contributed by atoms with Gasteiger partial charge in [0.2, 0.25) is 0 Å². The van der Waals surface area contributed by atoms with E-state index in [1.54, 1.807) is 18.2 Å². The zero-order valence-corrected chi connectivity index (χ0v) is 11.2. The molecule has 3 nitrogen and oxygen atoms in total. The second-order valence-corrected chi connectivity index (χ2v) is 5.01. The Morgan fingerprint density at radius 3 is 2.80 bits per heavy atom. The summed E-state index contributed by atoms with van der Waals surface area (Å²) < 4.78 is 2.14. The summed E-state index contributed by atoms with van der Waals surface area (Å²) in [5, 5.41) is 10.2. The van der Waals surface area contributed by atoms with Gasteiger partial charge in [-0.05, 0) is 47.7 Å². The van der Waals surface area contributed by atoms with Gasteiger partial charge >= 0.3 is 5.97 Å². The van der Waals surface area contributed by atoms with Crippen LogP contribution in [-0.4, -0.2) is 15.6 Å². The maximum absolute atomic E-state index is 11.0. The molecule has 100 valence electrons. The molecule has 0 atom stereocenters. The summed E-state index contributed by atoms with van der Waals surface area (Å²) in [6, 6.07) is 15.5. The van der Waals surface area contributed by atoms with Gasteiger partial charge in [0, 0.05) is 18.3 Å². The number of carboxylic acid groups (broad SMARTS) is 1. The van der Waals surface area contributed by atoms with Crippen molar-refractivity contribution in [2.45, 2.75) is 13.5 Å². The molecule has 20 heavy (non-hydrogen) atoms. The first-order valence-electron chi connectivity index (χ1n) is 6.51. The van der Waals surface area contributed by atoms with E-state index in [4.69, 9.17) is 5.11 Å². The first-order valence-corrected chi connectivity index (χ1v) is 6.51. The van der Waals surface area contributed by atoms with E-state index >= 15 is 0 Å². The van der Waals surface area contributed by atoms with Crippen LogP contribution in [0.4, 0.5) is 0 Å². The summed E-state index contributed by atoms with van der Waals surface area (Å²) in [4.78, 5) is 11.0. The van der Waals surface area contributed by atoms with Gasteiger partial charge in [-0.3, -0.25) is 0 Å². The van der Waals surface area contributed by atoms with Crippen LogP contribution in [0.15, 0.2) is 54.7 Å². The van der Waals surface area contributed by atoms with Crippen LogP contribution in [0.25, 0.3) is 10.9 Å². The Labute approximate surface area is 117 Å². The van der Waals surface area contributed by atoms with Crippen molar-refractivity contribution in [3.8, 4) is 0 Å². The van der Waals surface area contributed by atoms with Gasteiger partial charge in [-0.1, -0.05) is 24.3 Å². The molecule has 0 aliphatic rings. The Balaban J connectivity index is 1.99. The molecule has 3 rings (SSSR count). The van der Waals surface area contributed by atoms with Gasteiger partial charge in [0.05, 0.1) is 5.56 Å². The molecule has 0 aliphatic heterocycles. The molecule has 3 aromatic rings. The third kappa shape index (κ3) is 2.30. The zero-order chi connectivity index (χ0) is 14.1. The van der Waals surface area contributed by atoms with E-state index in [0.717, 1.165) is 5.56 Å². The Hall–Kier alpha value is -2.55. The van der Waals surface area contributed by atoms with E-state index in [1.807, 2.05) is 12.3 Å². The van der Waals surface area contributed by atoms with Crippen molar-refractivity contribution in [2.24, 2.45) is 0 Å². The first-order chi connectivity index (χ1) is 9.63. The topological polar surface area (TPSA) is 42.2 Å². The van der Waals surface area contributed by atoms with Crippen LogP contribution in [-0.2, 0) is 6.54 Å². The number of carboxylic acids is 1. The third-order valence-electron chi connectivity index (χ3n) is 3.46. The molecule has 0 unspecified atom stereocenters. The lowest BCUT2D eigenvalue weighted by atomic mass is 10.1. The number of fused-ring (bicyclic) bond motifs is 1. The molecule has 1 heterocycles. The molecular weight excluding hydrogens is 250 g/mol. The van der Waals surface area contributed by atoms with Gasteiger partial charge in [0.1, 0.15) is 0 Å². The summed E-state index contributed by atoms with van der Waals surface area (Å²) in [5.74, 6) is -0.889. The first kappa shape index (κ1) is 12.5. The maximum atomic E-state index is 11.0. The van der Waals surface area contributed by atoms with Crippen LogP contribution in [0.5, 0.6) is 0 Å². The van der Waals surface area contributed by atoms with Gasteiger partial charge in [-0.2, -0.15) is 0 Å². The Kier molecular flexibility index (Phi) is 3.03. The van der Waals surface area contributed by atoms with Crippen LogP contribution in [0.3, 0.4) is 0 Å². The van der Waals surface area contributed by atoms with Crippen LogP contribution >= 0.6 is 0 Å². The molecule has 0 fully saturated rings. The molecule has 0 radical (unpaired) electrons. The van der Waals surface area contributed by atoms with Crippen molar-refractivity contribution >= 4 is 16.9 Å². The number of rotatable bonds is 3. The highest BCUT2D eigenvalue weighted by molar-refractivity contribution is 5.87. The fourth-order valence-electron chi connectivity index (χ4n) is 2.43. The van der Waals surface area contributed by atoms with Gasteiger partial charge in [0.15, 0.2) is 0 Å².